The Morgan fingerprint density at radius 1 is 1.43 bits per heavy atom. The zero-order valence-electron chi connectivity index (χ0n) is 7.07. The van der Waals surface area contributed by atoms with E-state index in [4.69, 9.17) is 0 Å². The molecule has 4 nitrogen and oxygen atoms in total. The summed E-state index contributed by atoms with van der Waals surface area (Å²) in [5.41, 5.74) is 0.502. The summed E-state index contributed by atoms with van der Waals surface area (Å²) in [5, 5.41) is 0. The highest BCUT2D eigenvalue weighted by Crippen LogP contribution is 2.26. The first-order chi connectivity index (χ1) is 6.66. The van der Waals surface area contributed by atoms with Crippen LogP contribution in [0.3, 0.4) is 0 Å². The molecule has 0 spiro atoms. The van der Waals surface area contributed by atoms with E-state index in [2.05, 4.69) is 9.72 Å². The SMILES string of the molecule is O=C1CC(c2ccc(F)nc2)C(=O)O1. The zero-order chi connectivity index (χ0) is 10.1. The normalized spacial score (nSPS) is 21.1. The van der Waals surface area contributed by atoms with E-state index in [9.17, 15) is 14.0 Å². The Balaban J connectivity index is 2.27. The second-order valence-corrected chi connectivity index (χ2v) is 2.96. The number of carbonyl (C=O) groups is 2. The summed E-state index contributed by atoms with van der Waals surface area (Å²) in [6.07, 6.45) is 1.24. The van der Waals surface area contributed by atoms with Gasteiger partial charge in [0.05, 0.1) is 12.3 Å². The third-order valence-electron chi connectivity index (χ3n) is 2.02. The van der Waals surface area contributed by atoms with Gasteiger partial charge in [0.2, 0.25) is 5.95 Å². The van der Waals surface area contributed by atoms with Crippen molar-refractivity contribution >= 4 is 11.9 Å². The molecule has 0 radical (unpaired) electrons. The monoisotopic (exact) mass is 195 g/mol. The molecule has 0 amide bonds. The number of cyclic esters (lactones) is 2. The van der Waals surface area contributed by atoms with Crippen LogP contribution in [0.4, 0.5) is 4.39 Å². The van der Waals surface area contributed by atoms with Crippen LogP contribution in [0.5, 0.6) is 0 Å². The van der Waals surface area contributed by atoms with Gasteiger partial charge in [-0.15, -0.1) is 0 Å². The second kappa shape index (κ2) is 3.17. The molecule has 1 atom stereocenters. The first kappa shape index (κ1) is 8.80. The number of rotatable bonds is 1. The summed E-state index contributed by atoms with van der Waals surface area (Å²) in [5.74, 6) is -2.39. The summed E-state index contributed by atoms with van der Waals surface area (Å²) >= 11 is 0. The molecule has 1 fully saturated rings. The lowest BCUT2D eigenvalue weighted by Crippen LogP contribution is -2.06. The van der Waals surface area contributed by atoms with Crippen LogP contribution in [0, 0.1) is 5.95 Å². The average Bonchev–Trinajstić information content (AvgIpc) is 2.47. The van der Waals surface area contributed by atoms with Crippen LogP contribution in [0.25, 0.3) is 0 Å². The van der Waals surface area contributed by atoms with Gasteiger partial charge in [0.25, 0.3) is 0 Å². The van der Waals surface area contributed by atoms with Crippen molar-refractivity contribution < 1.29 is 18.7 Å². The molecule has 1 aliphatic rings. The van der Waals surface area contributed by atoms with Gasteiger partial charge in [0, 0.05) is 6.20 Å². The predicted molar refractivity (Wildman–Crippen MR) is 42.7 cm³/mol. The number of aromatic nitrogens is 1. The minimum atomic E-state index is -0.629. The third-order valence-corrected chi connectivity index (χ3v) is 2.02. The van der Waals surface area contributed by atoms with Crippen LogP contribution >= 0.6 is 0 Å². The molecule has 2 heterocycles. The molecule has 14 heavy (non-hydrogen) atoms. The Bertz CT molecular complexity index is 388. The molecule has 1 saturated heterocycles. The predicted octanol–water partition coefficient (Wildman–Crippen LogP) is 0.778. The Morgan fingerprint density at radius 3 is 2.71 bits per heavy atom. The molecule has 0 bridgehead atoms. The number of esters is 2. The van der Waals surface area contributed by atoms with Crippen molar-refractivity contribution in [3.8, 4) is 0 Å². The molecule has 0 aromatic carbocycles. The molecule has 1 aliphatic heterocycles. The minimum Gasteiger partial charge on any atom is -0.393 e. The summed E-state index contributed by atoms with van der Waals surface area (Å²) < 4.78 is 16.8. The van der Waals surface area contributed by atoms with Crippen LogP contribution in [0.1, 0.15) is 17.9 Å². The van der Waals surface area contributed by atoms with Crippen LogP contribution in [0.2, 0.25) is 0 Å². The quantitative estimate of drug-likeness (QED) is 0.377. The lowest BCUT2D eigenvalue weighted by molar-refractivity contribution is -0.152. The van der Waals surface area contributed by atoms with Crippen LogP contribution in [0.15, 0.2) is 18.3 Å². The van der Waals surface area contributed by atoms with Gasteiger partial charge in [0.15, 0.2) is 0 Å². The Morgan fingerprint density at radius 2 is 2.21 bits per heavy atom. The molecule has 1 unspecified atom stereocenters. The molecule has 1 aromatic rings. The van der Waals surface area contributed by atoms with Crippen molar-refractivity contribution in [3.05, 3.63) is 29.8 Å². The molecular formula is C9H6FNO3. The van der Waals surface area contributed by atoms with Crippen molar-refractivity contribution in [2.75, 3.05) is 0 Å². The van der Waals surface area contributed by atoms with E-state index in [-0.39, 0.29) is 6.42 Å². The Kier molecular flexibility index (Phi) is 1.99. The van der Waals surface area contributed by atoms with Gasteiger partial charge in [-0.1, -0.05) is 6.07 Å². The smallest absolute Gasteiger partial charge is 0.321 e. The van der Waals surface area contributed by atoms with Gasteiger partial charge in [-0.25, -0.2) is 4.98 Å². The maximum atomic E-state index is 12.5. The van der Waals surface area contributed by atoms with E-state index in [1.165, 1.54) is 12.3 Å². The fourth-order valence-corrected chi connectivity index (χ4v) is 1.32. The van der Waals surface area contributed by atoms with Gasteiger partial charge in [-0.05, 0) is 11.6 Å². The summed E-state index contributed by atoms with van der Waals surface area (Å²) in [4.78, 5) is 25.3. The van der Waals surface area contributed by atoms with Crippen molar-refractivity contribution in [3.63, 3.8) is 0 Å². The second-order valence-electron chi connectivity index (χ2n) is 2.96. The number of carbonyl (C=O) groups excluding carboxylic acids is 2. The van der Waals surface area contributed by atoms with E-state index >= 15 is 0 Å². The lowest BCUT2D eigenvalue weighted by atomic mass is 10.00. The number of hydrogen-bond acceptors (Lipinski definition) is 4. The fourth-order valence-electron chi connectivity index (χ4n) is 1.32. The summed E-state index contributed by atoms with van der Waals surface area (Å²) in [7, 11) is 0. The minimum absolute atomic E-state index is 0.00610. The molecule has 1 aromatic heterocycles. The van der Waals surface area contributed by atoms with E-state index in [1.807, 2.05) is 0 Å². The van der Waals surface area contributed by atoms with Gasteiger partial charge < -0.3 is 4.74 Å². The van der Waals surface area contributed by atoms with Crippen molar-refractivity contribution in [1.82, 2.24) is 4.98 Å². The van der Waals surface area contributed by atoms with E-state index in [0.29, 0.717) is 5.56 Å². The molecule has 0 saturated carbocycles. The molecule has 5 heteroatoms. The van der Waals surface area contributed by atoms with E-state index in [0.717, 1.165) is 6.07 Å². The van der Waals surface area contributed by atoms with Crippen molar-refractivity contribution in [2.45, 2.75) is 12.3 Å². The van der Waals surface area contributed by atoms with Gasteiger partial charge >= 0.3 is 11.9 Å². The highest BCUT2D eigenvalue weighted by Gasteiger charge is 2.34. The molecule has 2 rings (SSSR count). The molecular weight excluding hydrogens is 189 g/mol. The fraction of sp³-hybridized carbons (Fsp3) is 0.222. The standard InChI is InChI=1S/C9H6FNO3/c10-7-2-1-5(4-11-7)6-3-8(12)14-9(6)13/h1-2,4,6H,3H2. The first-order valence-electron chi connectivity index (χ1n) is 4.03. The Hall–Kier alpha value is -1.78. The molecule has 0 aliphatic carbocycles. The van der Waals surface area contributed by atoms with Crippen LogP contribution in [-0.2, 0) is 14.3 Å². The maximum absolute atomic E-state index is 12.5. The first-order valence-corrected chi connectivity index (χ1v) is 4.03. The summed E-state index contributed by atoms with van der Waals surface area (Å²) in [6, 6.07) is 2.57. The number of ether oxygens (including phenoxy) is 1. The number of nitrogens with zero attached hydrogens (tertiary/aromatic N) is 1. The highest BCUT2D eigenvalue weighted by atomic mass is 19.1. The summed E-state index contributed by atoms with van der Waals surface area (Å²) in [6.45, 7) is 0. The zero-order valence-corrected chi connectivity index (χ0v) is 7.07. The van der Waals surface area contributed by atoms with Crippen molar-refractivity contribution in [1.29, 1.82) is 0 Å². The van der Waals surface area contributed by atoms with Gasteiger partial charge in [0.1, 0.15) is 0 Å². The van der Waals surface area contributed by atoms with Gasteiger partial charge in [-0.2, -0.15) is 4.39 Å². The highest BCUT2D eigenvalue weighted by molar-refractivity contribution is 5.97. The van der Waals surface area contributed by atoms with Crippen LogP contribution in [-0.4, -0.2) is 16.9 Å². The molecule has 72 valence electrons. The maximum Gasteiger partial charge on any atom is 0.321 e. The largest absolute Gasteiger partial charge is 0.393 e. The topological polar surface area (TPSA) is 56.3 Å². The van der Waals surface area contributed by atoms with Crippen LogP contribution < -0.4 is 0 Å². The van der Waals surface area contributed by atoms with E-state index in [1.54, 1.807) is 0 Å². The number of hydrogen-bond donors (Lipinski definition) is 0. The Labute approximate surface area is 78.7 Å². The van der Waals surface area contributed by atoms with Gasteiger partial charge in [-0.3, -0.25) is 9.59 Å². The molecule has 0 N–H and O–H groups in total. The van der Waals surface area contributed by atoms with E-state index < -0.39 is 23.8 Å². The average molecular weight is 195 g/mol. The lowest BCUT2D eigenvalue weighted by Gasteiger charge is -2.02. The number of pyridine rings is 1. The van der Waals surface area contributed by atoms with Crippen molar-refractivity contribution in [2.24, 2.45) is 0 Å². The number of halogens is 1. The third kappa shape index (κ3) is 1.48.